The van der Waals surface area contributed by atoms with E-state index in [-0.39, 0.29) is 17.6 Å². The molecule has 1 saturated heterocycles. The number of benzene rings is 1. The van der Waals surface area contributed by atoms with Crippen molar-refractivity contribution in [3.05, 3.63) is 33.9 Å². The van der Waals surface area contributed by atoms with E-state index in [0.29, 0.717) is 18.7 Å². The second kappa shape index (κ2) is 5.81. The van der Waals surface area contributed by atoms with Gasteiger partial charge in [-0.25, -0.2) is 0 Å². The molecule has 1 unspecified atom stereocenters. The Balaban J connectivity index is 1.74. The zero-order chi connectivity index (χ0) is 14.8. The predicted molar refractivity (Wildman–Crippen MR) is 79.4 cm³/mol. The van der Waals surface area contributed by atoms with Crippen LogP contribution in [0.2, 0.25) is 0 Å². The van der Waals surface area contributed by atoms with Crippen LogP contribution in [0.15, 0.2) is 18.2 Å². The van der Waals surface area contributed by atoms with Gasteiger partial charge in [0.1, 0.15) is 0 Å². The number of amides is 1. The Morgan fingerprint density at radius 2 is 2.29 bits per heavy atom. The molecule has 2 heterocycles. The molecule has 21 heavy (non-hydrogen) atoms. The Morgan fingerprint density at radius 1 is 1.43 bits per heavy atom. The van der Waals surface area contributed by atoms with E-state index in [1.54, 1.807) is 11.0 Å². The monoisotopic (exact) mass is 289 g/mol. The molecule has 0 aliphatic carbocycles. The number of carbonyl (C=O) groups excluding carboxylic acids is 1. The van der Waals surface area contributed by atoms with Gasteiger partial charge in [0.2, 0.25) is 5.91 Å². The van der Waals surface area contributed by atoms with E-state index < -0.39 is 4.92 Å². The van der Waals surface area contributed by atoms with Crippen molar-refractivity contribution in [3.63, 3.8) is 0 Å². The van der Waals surface area contributed by atoms with Crippen molar-refractivity contribution in [2.24, 2.45) is 0 Å². The van der Waals surface area contributed by atoms with Gasteiger partial charge in [-0.3, -0.25) is 14.9 Å². The number of hydrogen-bond acceptors (Lipinski definition) is 4. The van der Waals surface area contributed by atoms with E-state index in [2.05, 4.69) is 5.32 Å². The highest BCUT2D eigenvalue weighted by Gasteiger charge is 2.28. The summed E-state index contributed by atoms with van der Waals surface area (Å²) in [7, 11) is 0. The van der Waals surface area contributed by atoms with Crippen molar-refractivity contribution in [3.8, 4) is 0 Å². The third-order valence-corrected chi connectivity index (χ3v) is 4.31. The normalized spacial score (nSPS) is 21.1. The first-order valence-corrected chi connectivity index (χ1v) is 7.46. The van der Waals surface area contributed by atoms with Gasteiger partial charge in [-0.1, -0.05) is 12.5 Å². The molecule has 1 atom stereocenters. The molecule has 1 aromatic carbocycles. The number of hydrogen-bond donors (Lipinski definition) is 1. The lowest BCUT2D eigenvalue weighted by Crippen LogP contribution is -2.40. The fraction of sp³-hybridized carbons (Fsp3) is 0.533. The SMILES string of the molecule is O=C(CC1CCCCN1)N1CCc2ccc([N+](=O)[O-])cc21. The Labute approximate surface area is 123 Å². The maximum absolute atomic E-state index is 12.5. The molecule has 1 N–H and O–H groups in total. The van der Waals surface area contributed by atoms with Gasteiger partial charge in [0.05, 0.1) is 10.6 Å². The van der Waals surface area contributed by atoms with Crippen molar-refractivity contribution in [1.29, 1.82) is 0 Å². The maximum atomic E-state index is 12.5. The quantitative estimate of drug-likeness (QED) is 0.682. The minimum atomic E-state index is -0.413. The molecule has 2 aliphatic heterocycles. The van der Waals surface area contributed by atoms with Gasteiger partial charge in [-0.2, -0.15) is 0 Å². The number of rotatable bonds is 3. The van der Waals surface area contributed by atoms with Crippen molar-refractivity contribution in [1.82, 2.24) is 5.32 Å². The zero-order valence-corrected chi connectivity index (χ0v) is 11.9. The summed E-state index contributed by atoms with van der Waals surface area (Å²) in [5, 5.41) is 14.3. The Morgan fingerprint density at radius 3 is 3.00 bits per heavy atom. The Hall–Kier alpha value is -1.95. The van der Waals surface area contributed by atoms with E-state index in [4.69, 9.17) is 0 Å². The lowest BCUT2D eigenvalue weighted by Gasteiger charge is -2.25. The molecule has 0 saturated carbocycles. The van der Waals surface area contributed by atoms with Crippen molar-refractivity contribution < 1.29 is 9.72 Å². The van der Waals surface area contributed by atoms with Crippen LogP contribution in [-0.2, 0) is 11.2 Å². The van der Waals surface area contributed by atoms with Crippen LogP contribution in [0.3, 0.4) is 0 Å². The standard InChI is InChI=1S/C15H19N3O3/c19-15(9-12-3-1-2-7-16-12)17-8-6-11-4-5-13(18(20)21)10-14(11)17/h4-5,10,12,16H,1-3,6-9H2. The van der Waals surface area contributed by atoms with Crippen molar-refractivity contribution in [2.75, 3.05) is 18.0 Å². The van der Waals surface area contributed by atoms with Gasteiger partial charge in [0.25, 0.3) is 5.69 Å². The molecule has 6 nitrogen and oxygen atoms in total. The average Bonchev–Trinajstić information content (AvgIpc) is 2.91. The first-order chi connectivity index (χ1) is 10.1. The van der Waals surface area contributed by atoms with E-state index in [0.717, 1.165) is 31.4 Å². The summed E-state index contributed by atoms with van der Waals surface area (Å²) in [6.07, 6.45) is 4.61. The lowest BCUT2D eigenvalue weighted by molar-refractivity contribution is -0.384. The first-order valence-electron chi connectivity index (χ1n) is 7.46. The number of nitrogens with one attached hydrogen (secondary N) is 1. The highest BCUT2D eigenvalue weighted by atomic mass is 16.6. The molecule has 112 valence electrons. The molecule has 0 aromatic heterocycles. The second-order valence-electron chi connectivity index (χ2n) is 5.72. The summed E-state index contributed by atoms with van der Waals surface area (Å²) in [5.74, 6) is 0.0636. The van der Waals surface area contributed by atoms with Crippen LogP contribution >= 0.6 is 0 Å². The van der Waals surface area contributed by atoms with Gasteiger partial charge in [-0.15, -0.1) is 0 Å². The lowest BCUT2D eigenvalue weighted by atomic mass is 10.0. The van der Waals surface area contributed by atoms with E-state index >= 15 is 0 Å². The second-order valence-corrected chi connectivity index (χ2v) is 5.72. The van der Waals surface area contributed by atoms with Crippen molar-refractivity contribution in [2.45, 2.75) is 38.1 Å². The molecule has 1 aromatic rings. The van der Waals surface area contributed by atoms with Crippen LogP contribution in [0.4, 0.5) is 11.4 Å². The van der Waals surface area contributed by atoms with Gasteiger partial charge in [0, 0.05) is 31.1 Å². The summed E-state index contributed by atoms with van der Waals surface area (Å²) in [5.41, 5.74) is 1.78. The van der Waals surface area contributed by atoms with Gasteiger partial charge >= 0.3 is 0 Å². The Bertz CT molecular complexity index is 567. The van der Waals surface area contributed by atoms with E-state index in [9.17, 15) is 14.9 Å². The summed E-state index contributed by atoms with van der Waals surface area (Å²) < 4.78 is 0. The van der Waals surface area contributed by atoms with Gasteiger partial charge < -0.3 is 10.2 Å². The number of piperidine rings is 1. The van der Waals surface area contributed by atoms with Crippen LogP contribution in [0.5, 0.6) is 0 Å². The minimum Gasteiger partial charge on any atom is -0.313 e. The van der Waals surface area contributed by atoms with Gasteiger partial charge in [-0.05, 0) is 31.4 Å². The summed E-state index contributed by atoms with van der Waals surface area (Å²) >= 11 is 0. The highest BCUT2D eigenvalue weighted by molar-refractivity contribution is 5.96. The molecule has 2 aliphatic rings. The number of nitrogens with zero attached hydrogens (tertiary/aromatic N) is 2. The first kappa shape index (κ1) is 14.0. The number of fused-ring (bicyclic) bond motifs is 1. The van der Waals surface area contributed by atoms with E-state index in [1.165, 1.54) is 18.6 Å². The molecule has 6 heteroatoms. The summed E-state index contributed by atoms with van der Waals surface area (Å²) in [6.45, 7) is 1.60. The molecular weight excluding hydrogens is 270 g/mol. The molecule has 1 amide bonds. The number of nitro benzene ring substituents is 1. The number of nitro groups is 1. The topological polar surface area (TPSA) is 75.5 Å². The largest absolute Gasteiger partial charge is 0.313 e. The molecule has 1 fully saturated rings. The minimum absolute atomic E-state index is 0.0456. The van der Waals surface area contributed by atoms with E-state index in [1.807, 2.05) is 0 Å². The number of carbonyl (C=O) groups is 1. The number of anilines is 1. The van der Waals surface area contributed by atoms with Crippen molar-refractivity contribution >= 4 is 17.3 Å². The van der Waals surface area contributed by atoms with Crippen LogP contribution in [-0.4, -0.2) is 30.0 Å². The summed E-state index contributed by atoms with van der Waals surface area (Å²) in [4.78, 5) is 24.7. The molecule has 0 radical (unpaired) electrons. The smallest absolute Gasteiger partial charge is 0.271 e. The summed E-state index contributed by atoms with van der Waals surface area (Å²) in [6, 6.07) is 5.04. The predicted octanol–water partition coefficient (Wildman–Crippen LogP) is 2.02. The fourth-order valence-corrected chi connectivity index (χ4v) is 3.16. The molecule has 0 bridgehead atoms. The zero-order valence-electron chi connectivity index (χ0n) is 11.9. The van der Waals surface area contributed by atoms with Crippen LogP contribution in [0.1, 0.15) is 31.2 Å². The Kier molecular flexibility index (Phi) is 3.88. The fourth-order valence-electron chi connectivity index (χ4n) is 3.16. The number of non-ortho nitro benzene ring substituents is 1. The third kappa shape index (κ3) is 2.90. The maximum Gasteiger partial charge on any atom is 0.271 e. The highest BCUT2D eigenvalue weighted by Crippen LogP contribution is 2.32. The average molecular weight is 289 g/mol. The van der Waals surface area contributed by atoms with Crippen LogP contribution in [0.25, 0.3) is 0 Å². The third-order valence-electron chi connectivity index (χ3n) is 4.31. The van der Waals surface area contributed by atoms with Gasteiger partial charge in [0.15, 0.2) is 0 Å². The van der Waals surface area contributed by atoms with Crippen LogP contribution in [0, 0.1) is 10.1 Å². The molecule has 3 rings (SSSR count). The van der Waals surface area contributed by atoms with Crippen LogP contribution < -0.4 is 10.2 Å². The molecular formula is C15H19N3O3. The molecule has 0 spiro atoms.